The standard InChI is InChI=1S/C17H26N2O3S/c1-23(21,22)18-16-10-12-19(13-11-16)17(9-5-6-14-20)15-7-3-2-4-8-15/h2-4,7-8,14,16-18H,5-6,9-13H2,1H3. The molecule has 1 aromatic rings. The van der Waals surface area contributed by atoms with Crippen LogP contribution in [0.5, 0.6) is 0 Å². The van der Waals surface area contributed by atoms with Gasteiger partial charge in [0.25, 0.3) is 0 Å². The third-order valence-corrected chi connectivity index (χ3v) is 5.10. The van der Waals surface area contributed by atoms with Crippen molar-refractivity contribution in [3.63, 3.8) is 0 Å². The van der Waals surface area contributed by atoms with Crippen molar-refractivity contribution in [1.82, 2.24) is 9.62 Å². The molecule has 0 aliphatic carbocycles. The molecule has 0 amide bonds. The van der Waals surface area contributed by atoms with E-state index in [1.807, 2.05) is 18.2 Å². The van der Waals surface area contributed by atoms with Crippen LogP contribution in [0.2, 0.25) is 0 Å². The summed E-state index contributed by atoms with van der Waals surface area (Å²) in [7, 11) is -3.14. The minimum Gasteiger partial charge on any atom is -0.303 e. The highest BCUT2D eigenvalue weighted by molar-refractivity contribution is 7.88. The Labute approximate surface area is 139 Å². The minimum absolute atomic E-state index is 0.0349. The van der Waals surface area contributed by atoms with Crippen molar-refractivity contribution >= 4 is 16.3 Å². The van der Waals surface area contributed by atoms with E-state index in [2.05, 4.69) is 21.8 Å². The molecule has 1 aromatic carbocycles. The largest absolute Gasteiger partial charge is 0.303 e. The topological polar surface area (TPSA) is 66.5 Å². The molecule has 1 aliphatic rings. The van der Waals surface area contributed by atoms with Gasteiger partial charge >= 0.3 is 0 Å². The van der Waals surface area contributed by atoms with Crippen molar-refractivity contribution in [3.05, 3.63) is 35.9 Å². The van der Waals surface area contributed by atoms with Gasteiger partial charge in [0.15, 0.2) is 0 Å². The third kappa shape index (κ3) is 6.05. The van der Waals surface area contributed by atoms with Gasteiger partial charge in [0.1, 0.15) is 6.29 Å². The normalized spacial score (nSPS) is 18.7. The van der Waals surface area contributed by atoms with Crippen LogP contribution in [0.3, 0.4) is 0 Å². The van der Waals surface area contributed by atoms with Crippen molar-refractivity contribution < 1.29 is 13.2 Å². The Hall–Kier alpha value is -1.24. The number of nitrogens with one attached hydrogen (secondary N) is 1. The Kier molecular flexibility index (Phi) is 6.74. The SMILES string of the molecule is CS(=O)(=O)NC1CCN(C(CCCC=O)c2ccccc2)CC1. The monoisotopic (exact) mass is 338 g/mol. The van der Waals surface area contributed by atoms with Gasteiger partial charge in [-0.25, -0.2) is 13.1 Å². The predicted molar refractivity (Wildman–Crippen MR) is 91.7 cm³/mol. The lowest BCUT2D eigenvalue weighted by molar-refractivity contribution is -0.108. The molecule has 0 saturated carbocycles. The molecule has 23 heavy (non-hydrogen) atoms. The van der Waals surface area contributed by atoms with E-state index in [4.69, 9.17) is 0 Å². The second kappa shape index (κ2) is 8.57. The van der Waals surface area contributed by atoms with Gasteiger partial charge in [-0.2, -0.15) is 0 Å². The number of sulfonamides is 1. The van der Waals surface area contributed by atoms with Crippen LogP contribution in [-0.2, 0) is 14.8 Å². The fourth-order valence-electron chi connectivity index (χ4n) is 3.26. The molecule has 1 N–H and O–H groups in total. The molecule has 5 nitrogen and oxygen atoms in total. The molecular weight excluding hydrogens is 312 g/mol. The highest BCUT2D eigenvalue weighted by atomic mass is 32.2. The average Bonchev–Trinajstić information content (AvgIpc) is 2.52. The van der Waals surface area contributed by atoms with Crippen LogP contribution < -0.4 is 4.72 Å². The summed E-state index contributed by atoms with van der Waals surface area (Å²) in [5.74, 6) is 0. The minimum atomic E-state index is -3.14. The molecule has 1 aliphatic heterocycles. The predicted octanol–water partition coefficient (Wildman–Crippen LogP) is 2.11. The molecular formula is C17H26N2O3S. The van der Waals surface area contributed by atoms with Crippen molar-refractivity contribution in [2.24, 2.45) is 0 Å². The maximum absolute atomic E-state index is 11.4. The zero-order valence-electron chi connectivity index (χ0n) is 13.6. The van der Waals surface area contributed by atoms with E-state index in [1.165, 1.54) is 11.8 Å². The molecule has 1 fully saturated rings. The maximum Gasteiger partial charge on any atom is 0.208 e. The van der Waals surface area contributed by atoms with Gasteiger partial charge in [-0.05, 0) is 31.2 Å². The fourth-order valence-corrected chi connectivity index (χ4v) is 4.10. The third-order valence-electron chi connectivity index (χ3n) is 4.33. The van der Waals surface area contributed by atoms with Crippen molar-refractivity contribution in [2.45, 2.75) is 44.2 Å². The number of hydrogen-bond donors (Lipinski definition) is 1. The van der Waals surface area contributed by atoms with Crippen LogP contribution in [0.15, 0.2) is 30.3 Å². The van der Waals surface area contributed by atoms with E-state index < -0.39 is 10.0 Å². The zero-order chi connectivity index (χ0) is 16.7. The molecule has 1 saturated heterocycles. The van der Waals surface area contributed by atoms with E-state index in [0.717, 1.165) is 45.1 Å². The van der Waals surface area contributed by atoms with Crippen LogP contribution in [-0.4, -0.2) is 45.0 Å². The van der Waals surface area contributed by atoms with Gasteiger partial charge in [0.2, 0.25) is 10.0 Å². The smallest absolute Gasteiger partial charge is 0.208 e. The fraction of sp³-hybridized carbons (Fsp3) is 0.588. The number of aldehydes is 1. The first kappa shape index (κ1) is 18.1. The van der Waals surface area contributed by atoms with E-state index in [-0.39, 0.29) is 6.04 Å². The Morgan fingerprint density at radius 3 is 2.48 bits per heavy atom. The van der Waals surface area contributed by atoms with E-state index in [0.29, 0.717) is 12.5 Å². The second-order valence-corrected chi connectivity index (χ2v) is 8.00. The zero-order valence-corrected chi connectivity index (χ0v) is 14.5. The van der Waals surface area contributed by atoms with E-state index in [9.17, 15) is 13.2 Å². The molecule has 0 spiro atoms. The first-order chi connectivity index (χ1) is 11.0. The number of piperidine rings is 1. The Morgan fingerprint density at radius 1 is 1.26 bits per heavy atom. The summed E-state index contributed by atoms with van der Waals surface area (Å²) in [6.07, 6.45) is 6.26. The summed E-state index contributed by atoms with van der Waals surface area (Å²) in [5.41, 5.74) is 1.27. The summed E-state index contributed by atoms with van der Waals surface area (Å²) < 4.78 is 25.4. The van der Waals surface area contributed by atoms with E-state index in [1.54, 1.807) is 0 Å². The van der Waals surface area contributed by atoms with Crippen LogP contribution in [0.4, 0.5) is 0 Å². The summed E-state index contributed by atoms with van der Waals surface area (Å²) in [6.45, 7) is 1.74. The number of carbonyl (C=O) groups excluding carboxylic acids is 1. The van der Waals surface area contributed by atoms with Crippen molar-refractivity contribution in [3.8, 4) is 0 Å². The van der Waals surface area contributed by atoms with Gasteiger partial charge < -0.3 is 4.79 Å². The number of rotatable bonds is 8. The quantitative estimate of drug-likeness (QED) is 0.582. The van der Waals surface area contributed by atoms with Gasteiger partial charge in [-0.15, -0.1) is 0 Å². The molecule has 0 bridgehead atoms. The van der Waals surface area contributed by atoms with Gasteiger partial charge in [0, 0.05) is 31.6 Å². The van der Waals surface area contributed by atoms with Gasteiger partial charge in [0.05, 0.1) is 6.26 Å². The molecule has 1 atom stereocenters. The Balaban J connectivity index is 1.99. The van der Waals surface area contributed by atoms with E-state index >= 15 is 0 Å². The summed E-state index contributed by atoms with van der Waals surface area (Å²) in [6, 6.07) is 10.7. The number of nitrogens with zero attached hydrogens (tertiary/aromatic N) is 1. The summed E-state index contributed by atoms with van der Waals surface area (Å²) in [4.78, 5) is 13.0. The first-order valence-electron chi connectivity index (χ1n) is 8.19. The maximum atomic E-state index is 11.4. The molecule has 0 aromatic heterocycles. The lowest BCUT2D eigenvalue weighted by Crippen LogP contribution is -2.45. The lowest BCUT2D eigenvalue weighted by Gasteiger charge is -2.38. The molecule has 1 heterocycles. The summed E-state index contributed by atoms with van der Waals surface area (Å²) >= 11 is 0. The number of unbranched alkanes of at least 4 members (excludes halogenated alkanes) is 1. The number of benzene rings is 1. The first-order valence-corrected chi connectivity index (χ1v) is 10.1. The highest BCUT2D eigenvalue weighted by Gasteiger charge is 2.27. The number of likely N-dealkylation sites (tertiary alicyclic amines) is 1. The number of hydrogen-bond acceptors (Lipinski definition) is 4. The summed E-state index contributed by atoms with van der Waals surface area (Å²) in [5, 5.41) is 0. The highest BCUT2D eigenvalue weighted by Crippen LogP contribution is 2.29. The van der Waals surface area contributed by atoms with Crippen LogP contribution >= 0.6 is 0 Å². The molecule has 0 radical (unpaired) electrons. The number of carbonyl (C=O) groups is 1. The van der Waals surface area contributed by atoms with Crippen molar-refractivity contribution in [1.29, 1.82) is 0 Å². The van der Waals surface area contributed by atoms with Gasteiger partial charge in [-0.3, -0.25) is 4.90 Å². The molecule has 6 heteroatoms. The average molecular weight is 338 g/mol. The Bertz CT molecular complexity index is 581. The van der Waals surface area contributed by atoms with Crippen LogP contribution in [0.25, 0.3) is 0 Å². The Morgan fingerprint density at radius 2 is 1.91 bits per heavy atom. The second-order valence-electron chi connectivity index (χ2n) is 6.22. The van der Waals surface area contributed by atoms with Crippen LogP contribution in [0.1, 0.15) is 43.7 Å². The lowest BCUT2D eigenvalue weighted by atomic mass is 9.96. The molecule has 128 valence electrons. The molecule has 2 rings (SSSR count). The molecule has 1 unspecified atom stereocenters. The van der Waals surface area contributed by atoms with Crippen LogP contribution in [0, 0.1) is 0 Å². The van der Waals surface area contributed by atoms with Crippen molar-refractivity contribution in [2.75, 3.05) is 19.3 Å². The van der Waals surface area contributed by atoms with Gasteiger partial charge in [-0.1, -0.05) is 30.3 Å².